The molecule has 2 aromatic rings. The molecule has 6 heteroatoms. The van der Waals surface area contributed by atoms with E-state index >= 15 is 0 Å². The third-order valence-corrected chi connectivity index (χ3v) is 4.16. The summed E-state index contributed by atoms with van der Waals surface area (Å²) >= 11 is 0. The summed E-state index contributed by atoms with van der Waals surface area (Å²) in [5, 5.41) is 10.4. The molecule has 0 spiro atoms. The van der Waals surface area contributed by atoms with Crippen molar-refractivity contribution in [3.63, 3.8) is 0 Å². The first-order valence-electron chi connectivity index (χ1n) is 8.28. The number of aryl methyl sites for hydroxylation is 3. The average Bonchev–Trinajstić information content (AvgIpc) is 2.84. The molecule has 2 N–H and O–H groups in total. The Morgan fingerprint density at radius 3 is 2.46 bits per heavy atom. The Labute approximate surface area is 143 Å². The van der Waals surface area contributed by atoms with E-state index in [9.17, 15) is 4.79 Å². The van der Waals surface area contributed by atoms with E-state index in [4.69, 9.17) is 0 Å². The van der Waals surface area contributed by atoms with Crippen LogP contribution in [0.15, 0.2) is 24.5 Å². The van der Waals surface area contributed by atoms with Crippen LogP contribution < -0.4 is 10.6 Å². The highest BCUT2D eigenvalue weighted by atomic mass is 16.2. The first-order valence-corrected chi connectivity index (χ1v) is 8.28. The minimum Gasteiger partial charge on any atom is -0.332 e. The number of nitrogens with one attached hydrogen (secondary N) is 2. The highest BCUT2D eigenvalue weighted by molar-refractivity contribution is 5.75. The lowest BCUT2D eigenvalue weighted by Crippen LogP contribution is -2.41. The highest BCUT2D eigenvalue weighted by Crippen LogP contribution is 2.23. The minimum atomic E-state index is -0.200. The molecule has 0 saturated heterocycles. The predicted molar refractivity (Wildman–Crippen MR) is 94.6 cm³/mol. The van der Waals surface area contributed by atoms with Crippen molar-refractivity contribution in [1.82, 2.24) is 25.4 Å². The molecule has 0 aliphatic heterocycles. The predicted octanol–water partition coefficient (Wildman–Crippen LogP) is 3.19. The smallest absolute Gasteiger partial charge is 0.315 e. The summed E-state index contributed by atoms with van der Waals surface area (Å²) in [6.45, 7) is 10.1. The van der Waals surface area contributed by atoms with Crippen molar-refractivity contribution in [2.24, 2.45) is 13.0 Å². The molecule has 2 heterocycles. The zero-order chi connectivity index (χ0) is 17.9. The molecule has 130 valence electrons. The van der Waals surface area contributed by atoms with Crippen LogP contribution in [0, 0.1) is 19.8 Å². The fourth-order valence-electron chi connectivity index (χ4n) is 2.87. The van der Waals surface area contributed by atoms with E-state index < -0.39 is 0 Å². The Hall–Kier alpha value is -2.37. The topological polar surface area (TPSA) is 71.8 Å². The summed E-state index contributed by atoms with van der Waals surface area (Å²) in [5.74, 6) is 0.236. The van der Waals surface area contributed by atoms with E-state index in [1.807, 2.05) is 46.1 Å². The highest BCUT2D eigenvalue weighted by Gasteiger charge is 2.22. The number of aromatic nitrogens is 3. The van der Waals surface area contributed by atoms with Gasteiger partial charge in [0, 0.05) is 25.0 Å². The average molecular weight is 329 g/mol. The van der Waals surface area contributed by atoms with E-state index in [-0.39, 0.29) is 24.0 Å². The molecule has 24 heavy (non-hydrogen) atoms. The number of hydrogen-bond donors (Lipinski definition) is 2. The first kappa shape index (κ1) is 18.0. The van der Waals surface area contributed by atoms with Gasteiger partial charge in [0.2, 0.25) is 0 Å². The quantitative estimate of drug-likeness (QED) is 0.885. The van der Waals surface area contributed by atoms with E-state index in [1.54, 1.807) is 10.9 Å². The third-order valence-electron chi connectivity index (χ3n) is 4.16. The molecule has 2 amide bonds. The summed E-state index contributed by atoms with van der Waals surface area (Å²) in [4.78, 5) is 16.9. The van der Waals surface area contributed by atoms with Crippen LogP contribution in [0.5, 0.6) is 0 Å². The van der Waals surface area contributed by atoms with Gasteiger partial charge in [0.25, 0.3) is 0 Å². The van der Waals surface area contributed by atoms with Crippen molar-refractivity contribution in [3.8, 4) is 0 Å². The van der Waals surface area contributed by atoms with Gasteiger partial charge in [0.15, 0.2) is 0 Å². The van der Waals surface area contributed by atoms with E-state index in [1.165, 1.54) is 0 Å². The van der Waals surface area contributed by atoms with Crippen molar-refractivity contribution in [3.05, 3.63) is 47.0 Å². The second-order valence-electron chi connectivity index (χ2n) is 6.61. The summed E-state index contributed by atoms with van der Waals surface area (Å²) in [6.07, 6.45) is 3.70. The van der Waals surface area contributed by atoms with Gasteiger partial charge in [-0.15, -0.1) is 0 Å². The van der Waals surface area contributed by atoms with Crippen LogP contribution in [-0.2, 0) is 7.05 Å². The Kier molecular flexibility index (Phi) is 5.59. The molecule has 0 radical (unpaired) electrons. The van der Waals surface area contributed by atoms with Gasteiger partial charge in [-0.1, -0.05) is 19.9 Å². The van der Waals surface area contributed by atoms with Crippen molar-refractivity contribution < 1.29 is 4.79 Å². The molecule has 2 atom stereocenters. The van der Waals surface area contributed by atoms with Gasteiger partial charge in [-0.3, -0.25) is 9.67 Å². The van der Waals surface area contributed by atoms with Crippen LogP contribution in [0.4, 0.5) is 4.79 Å². The summed E-state index contributed by atoms with van der Waals surface area (Å²) in [7, 11) is 1.88. The zero-order valence-corrected chi connectivity index (χ0v) is 15.3. The Morgan fingerprint density at radius 2 is 1.92 bits per heavy atom. The standard InChI is InChI=1S/C18H27N5O/c1-11(2)16(17-12(3)8-7-9-19-17)21-18(24)20-13(4)15-10-23(6)22-14(15)5/h7-11,13,16H,1-6H3,(H2,20,21,24)/t13-,16-/m1/s1. The molecule has 0 unspecified atom stereocenters. The number of nitrogens with zero attached hydrogens (tertiary/aromatic N) is 3. The molecule has 2 aromatic heterocycles. The number of carbonyl (C=O) groups excluding carboxylic acids is 1. The molecule has 0 fully saturated rings. The molecule has 0 bridgehead atoms. The molecule has 2 rings (SSSR count). The Bertz CT molecular complexity index is 707. The molecular weight excluding hydrogens is 302 g/mol. The van der Waals surface area contributed by atoms with Gasteiger partial charge < -0.3 is 10.6 Å². The van der Waals surface area contributed by atoms with Gasteiger partial charge in [-0.2, -0.15) is 5.10 Å². The lowest BCUT2D eigenvalue weighted by molar-refractivity contribution is 0.229. The fraction of sp³-hybridized carbons (Fsp3) is 0.500. The maximum Gasteiger partial charge on any atom is 0.315 e. The van der Waals surface area contributed by atoms with Crippen molar-refractivity contribution in [2.75, 3.05) is 0 Å². The lowest BCUT2D eigenvalue weighted by atomic mass is 9.97. The van der Waals surface area contributed by atoms with E-state index in [0.29, 0.717) is 0 Å². The third kappa shape index (κ3) is 4.13. The summed E-state index contributed by atoms with van der Waals surface area (Å²) < 4.78 is 1.76. The van der Waals surface area contributed by atoms with Gasteiger partial charge in [0.1, 0.15) is 0 Å². The van der Waals surface area contributed by atoms with Crippen LogP contribution in [0.25, 0.3) is 0 Å². The monoisotopic (exact) mass is 329 g/mol. The first-order chi connectivity index (χ1) is 11.3. The molecule has 0 saturated carbocycles. The van der Waals surface area contributed by atoms with Gasteiger partial charge in [-0.25, -0.2) is 4.79 Å². The maximum atomic E-state index is 12.5. The zero-order valence-electron chi connectivity index (χ0n) is 15.3. The Morgan fingerprint density at radius 1 is 1.21 bits per heavy atom. The number of rotatable bonds is 5. The second kappa shape index (κ2) is 7.47. The molecule has 0 aliphatic rings. The van der Waals surface area contributed by atoms with Gasteiger partial charge in [-0.05, 0) is 38.3 Å². The second-order valence-corrected chi connectivity index (χ2v) is 6.61. The van der Waals surface area contributed by atoms with Crippen LogP contribution in [0.1, 0.15) is 55.4 Å². The molecule has 0 aliphatic carbocycles. The van der Waals surface area contributed by atoms with E-state index in [2.05, 4.69) is 34.6 Å². The number of carbonyl (C=O) groups is 1. The lowest BCUT2D eigenvalue weighted by Gasteiger charge is -2.24. The summed E-state index contributed by atoms with van der Waals surface area (Å²) in [6, 6.07) is 3.47. The van der Waals surface area contributed by atoms with Crippen molar-refractivity contribution >= 4 is 6.03 Å². The fourth-order valence-corrected chi connectivity index (χ4v) is 2.87. The SMILES string of the molecule is Cc1cccnc1[C@H](NC(=O)N[C@H](C)c1cn(C)nc1C)C(C)C. The number of hydrogen-bond acceptors (Lipinski definition) is 3. The largest absolute Gasteiger partial charge is 0.332 e. The number of amides is 2. The van der Waals surface area contributed by atoms with Crippen molar-refractivity contribution in [2.45, 2.75) is 46.7 Å². The van der Waals surface area contributed by atoms with E-state index in [0.717, 1.165) is 22.5 Å². The van der Waals surface area contributed by atoms with Crippen LogP contribution >= 0.6 is 0 Å². The Balaban J connectivity index is 2.09. The van der Waals surface area contributed by atoms with Gasteiger partial charge >= 0.3 is 6.03 Å². The molecule has 6 nitrogen and oxygen atoms in total. The van der Waals surface area contributed by atoms with Crippen molar-refractivity contribution in [1.29, 1.82) is 0 Å². The number of urea groups is 1. The number of pyridine rings is 1. The minimum absolute atomic E-state index is 0.114. The van der Waals surface area contributed by atoms with Crippen LogP contribution in [0.3, 0.4) is 0 Å². The molecular formula is C18H27N5O. The van der Waals surface area contributed by atoms with Crippen LogP contribution in [-0.4, -0.2) is 20.8 Å². The van der Waals surface area contributed by atoms with Crippen LogP contribution in [0.2, 0.25) is 0 Å². The molecule has 0 aromatic carbocycles. The maximum absolute atomic E-state index is 12.5. The normalized spacial score (nSPS) is 13.6. The van der Waals surface area contributed by atoms with Gasteiger partial charge in [0.05, 0.1) is 23.5 Å². The summed E-state index contributed by atoms with van der Waals surface area (Å²) in [5.41, 5.74) is 3.93.